The molecule has 0 unspecified atom stereocenters. The van der Waals surface area contributed by atoms with Crippen LogP contribution >= 0.6 is 27.5 Å². The Hall–Kier alpha value is -0.0400. The van der Waals surface area contributed by atoms with E-state index in [-0.39, 0.29) is 6.54 Å². The minimum Gasteiger partial charge on any atom is -0.453 e. The van der Waals surface area contributed by atoms with Crippen LogP contribution in [0.2, 0.25) is 0 Å². The summed E-state index contributed by atoms with van der Waals surface area (Å²) in [7, 11) is -1.91. The van der Waals surface area contributed by atoms with Crippen LogP contribution in [0.4, 0.5) is 0 Å². The van der Waals surface area contributed by atoms with Gasteiger partial charge in [-0.05, 0) is 28.1 Å². The lowest BCUT2D eigenvalue weighted by Gasteiger charge is -2.13. The largest absolute Gasteiger partial charge is 0.453 e. The highest BCUT2D eigenvalue weighted by molar-refractivity contribution is 9.10. The average Bonchev–Trinajstić information content (AvgIpc) is 2.51. The molecular formula is C7H9BrClNO3S. The standard InChI is InChI=1S/C7H9BrClNO3S/c1-10(14(11,12)5-9)4-6-2-3-7(8)13-6/h2-3H,4-5H2,1H3. The second-order valence-electron chi connectivity index (χ2n) is 2.68. The first kappa shape index (κ1) is 12.0. The van der Waals surface area contributed by atoms with Crippen LogP contribution in [0, 0.1) is 0 Å². The SMILES string of the molecule is CN(Cc1ccc(Br)o1)S(=O)(=O)CCl. The minimum absolute atomic E-state index is 0.181. The van der Waals surface area contributed by atoms with Crippen molar-refractivity contribution in [2.75, 3.05) is 12.3 Å². The highest BCUT2D eigenvalue weighted by Gasteiger charge is 2.17. The average molecular weight is 303 g/mol. The molecule has 0 N–H and O–H groups in total. The maximum Gasteiger partial charge on any atom is 0.228 e. The first-order valence-electron chi connectivity index (χ1n) is 3.70. The molecule has 1 aromatic heterocycles. The van der Waals surface area contributed by atoms with Gasteiger partial charge >= 0.3 is 0 Å². The normalized spacial score (nSPS) is 12.3. The first-order chi connectivity index (χ1) is 6.45. The molecule has 1 aromatic rings. The van der Waals surface area contributed by atoms with Gasteiger partial charge in [-0.15, -0.1) is 11.6 Å². The van der Waals surface area contributed by atoms with E-state index in [2.05, 4.69) is 15.9 Å². The summed E-state index contributed by atoms with van der Waals surface area (Å²) in [5.41, 5.74) is 0. The fourth-order valence-electron chi connectivity index (χ4n) is 0.838. The van der Waals surface area contributed by atoms with Gasteiger partial charge < -0.3 is 4.42 Å². The summed E-state index contributed by atoms with van der Waals surface area (Å²) < 4.78 is 29.4. The van der Waals surface area contributed by atoms with E-state index in [1.165, 1.54) is 7.05 Å². The zero-order valence-electron chi connectivity index (χ0n) is 7.41. The van der Waals surface area contributed by atoms with Crippen LogP contribution in [0.3, 0.4) is 0 Å². The fourth-order valence-corrected chi connectivity index (χ4v) is 2.17. The summed E-state index contributed by atoms with van der Waals surface area (Å²) >= 11 is 8.42. The van der Waals surface area contributed by atoms with Crippen molar-refractivity contribution < 1.29 is 12.8 Å². The molecular weight excluding hydrogens is 294 g/mol. The van der Waals surface area contributed by atoms with Gasteiger partial charge in [-0.25, -0.2) is 8.42 Å². The molecule has 0 fully saturated rings. The van der Waals surface area contributed by atoms with Gasteiger partial charge in [0.2, 0.25) is 10.0 Å². The van der Waals surface area contributed by atoms with Gasteiger partial charge in [0, 0.05) is 7.05 Å². The van der Waals surface area contributed by atoms with Gasteiger partial charge in [0.1, 0.15) is 11.0 Å². The first-order valence-corrected chi connectivity index (χ1v) is 6.63. The molecule has 0 aliphatic heterocycles. The Morgan fingerprint density at radius 1 is 1.57 bits per heavy atom. The third-order valence-electron chi connectivity index (χ3n) is 1.62. The van der Waals surface area contributed by atoms with Gasteiger partial charge in [-0.2, -0.15) is 4.31 Å². The van der Waals surface area contributed by atoms with Crippen LogP contribution in [0.15, 0.2) is 21.2 Å². The van der Waals surface area contributed by atoms with E-state index in [1.54, 1.807) is 12.1 Å². The molecule has 0 saturated heterocycles. The number of furan rings is 1. The van der Waals surface area contributed by atoms with Crippen LogP contribution in [0.1, 0.15) is 5.76 Å². The molecule has 1 rings (SSSR count). The van der Waals surface area contributed by atoms with Crippen LogP contribution in [-0.4, -0.2) is 25.0 Å². The van der Waals surface area contributed by atoms with Crippen molar-refractivity contribution in [3.8, 4) is 0 Å². The molecule has 0 aliphatic carbocycles. The summed E-state index contributed by atoms with van der Waals surface area (Å²) in [5, 5.41) is -0.425. The highest BCUT2D eigenvalue weighted by Crippen LogP contribution is 2.16. The van der Waals surface area contributed by atoms with Gasteiger partial charge in [-0.3, -0.25) is 0 Å². The molecule has 0 bridgehead atoms. The number of alkyl halides is 1. The predicted molar refractivity (Wildman–Crippen MR) is 57.5 cm³/mol. The van der Waals surface area contributed by atoms with Crippen LogP contribution in [0.5, 0.6) is 0 Å². The molecule has 7 heteroatoms. The maximum atomic E-state index is 11.3. The Morgan fingerprint density at radius 3 is 2.64 bits per heavy atom. The van der Waals surface area contributed by atoms with Crippen molar-refractivity contribution in [3.63, 3.8) is 0 Å². The lowest BCUT2D eigenvalue weighted by molar-refractivity contribution is 0.400. The third-order valence-corrected chi connectivity index (χ3v) is 4.23. The van der Waals surface area contributed by atoms with E-state index in [0.29, 0.717) is 10.4 Å². The third kappa shape index (κ3) is 2.98. The monoisotopic (exact) mass is 301 g/mol. The number of rotatable bonds is 4. The van der Waals surface area contributed by atoms with E-state index in [4.69, 9.17) is 16.0 Å². The number of halogens is 2. The van der Waals surface area contributed by atoms with Crippen molar-refractivity contribution in [1.82, 2.24) is 4.31 Å². The van der Waals surface area contributed by atoms with Crippen molar-refractivity contribution in [1.29, 1.82) is 0 Å². The van der Waals surface area contributed by atoms with Crippen LogP contribution in [0.25, 0.3) is 0 Å². The molecule has 80 valence electrons. The smallest absolute Gasteiger partial charge is 0.228 e. The molecule has 0 aromatic carbocycles. The Bertz CT molecular complexity index is 403. The van der Waals surface area contributed by atoms with Crippen molar-refractivity contribution in [2.45, 2.75) is 6.54 Å². The Labute approximate surface area is 96.0 Å². The molecule has 0 aliphatic rings. The van der Waals surface area contributed by atoms with E-state index < -0.39 is 15.2 Å². The summed E-state index contributed by atoms with van der Waals surface area (Å²) in [4.78, 5) is 0. The molecule has 14 heavy (non-hydrogen) atoms. The lowest BCUT2D eigenvalue weighted by Crippen LogP contribution is -2.26. The molecule has 0 amide bonds. The number of hydrogen-bond acceptors (Lipinski definition) is 3. The number of hydrogen-bond donors (Lipinski definition) is 0. The zero-order chi connectivity index (χ0) is 10.8. The molecule has 0 radical (unpaired) electrons. The van der Waals surface area contributed by atoms with Gasteiger partial charge in [0.15, 0.2) is 4.67 Å². The zero-order valence-corrected chi connectivity index (χ0v) is 10.6. The molecule has 1 heterocycles. The minimum atomic E-state index is -3.36. The maximum absolute atomic E-state index is 11.3. The Balaban J connectivity index is 2.71. The highest BCUT2D eigenvalue weighted by atomic mass is 79.9. The molecule has 0 spiro atoms. The van der Waals surface area contributed by atoms with Crippen molar-refractivity contribution in [3.05, 3.63) is 22.6 Å². The predicted octanol–water partition coefficient (Wildman–Crippen LogP) is 2.00. The van der Waals surface area contributed by atoms with Crippen molar-refractivity contribution >= 4 is 37.6 Å². The molecule has 0 saturated carbocycles. The van der Waals surface area contributed by atoms with Gasteiger partial charge in [-0.1, -0.05) is 0 Å². The summed E-state index contributed by atoms with van der Waals surface area (Å²) in [6.45, 7) is 0.181. The molecule has 0 atom stereocenters. The van der Waals surface area contributed by atoms with Gasteiger partial charge in [0.05, 0.1) is 6.54 Å². The Kier molecular flexibility index (Phi) is 4.00. The second-order valence-corrected chi connectivity index (χ2v) is 6.12. The van der Waals surface area contributed by atoms with E-state index in [1.807, 2.05) is 0 Å². The van der Waals surface area contributed by atoms with Crippen molar-refractivity contribution in [2.24, 2.45) is 0 Å². The second kappa shape index (κ2) is 4.65. The van der Waals surface area contributed by atoms with Crippen LogP contribution in [-0.2, 0) is 16.6 Å². The number of sulfonamides is 1. The molecule has 4 nitrogen and oxygen atoms in total. The van der Waals surface area contributed by atoms with E-state index in [0.717, 1.165) is 4.31 Å². The summed E-state index contributed by atoms with van der Waals surface area (Å²) in [6, 6.07) is 3.40. The topological polar surface area (TPSA) is 50.5 Å². The van der Waals surface area contributed by atoms with Gasteiger partial charge in [0.25, 0.3) is 0 Å². The Morgan fingerprint density at radius 2 is 2.21 bits per heavy atom. The fraction of sp³-hybridized carbons (Fsp3) is 0.429. The summed E-state index contributed by atoms with van der Waals surface area (Å²) in [5.74, 6) is 0.563. The number of nitrogens with zero attached hydrogens (tertiary/aromatic N) is 1. The van der Waals surface area contributed by atoms with E-state index >= 15 is 0 Å². The quantitative estimate of drug-likeness (QED) is 0.799. The van der Waals surface area contributed by atoms with Crippen LogP contribution < -0.4 is 0 Å². The summed E-state index contributed by atoms with van der Waals surface area (Å²) in [6.07, 6.45) is 0. The van der Waals surface area contributed by atoms with E-state index in [9.17, 15) is 8.42 Å². The lowest BCUT2D eigenvalue weighted by atomic mass is 10.4.